The van der Waals surface area contributed by atoms with E-state index in [0.29, 0.717) is 16.6 Å². The Morgan fingerprint density at radius 2 is 2.12 bits per heavy atom. The molecule has 2 rings (SSSR count). The van der Waals surface area contributed by atoms with E-state index < -0.39 is 0 Å². The van der Waals surface area contributed by atoms with Gasteiger partial charge in [-0.3, -0.25) is 5.10 Å². The molecule has 2 aromatic rings. The van der Waals surface area contributed by atoms with Crippen molar-refractivity contribution in [1.29, 1.82) is 0 Å². The number of benzene rings is 1. The summed E-state index contributed by atoms with van der Waals surface area (Å²) in [5, 5.41) is 8.17. The highest BCUT2D eigenvalue weighted by Crippen LogP contribution is 2.34. The number of nitrogens with zero attached hydrogens (tertiary/aromatic N) is 1. The number of aromatic amines is 1. The van der Waals surface area contributed by atoms with E-state index in [9.17, 15) is 0 Å². The molecule has 0 saturated heterocycles. The summed E-state index contributed by atoms with van der Waals surface area (Å²) in [6, 6.07) is 5.28. The second-order valence-electron chi connectivity index (χ2n) is 3.19. The summed E-state index contributed by atoms with van der Waals surface area (Å²) in [5.74, 6) is 0. The average molecular weight is 321 g/mol. The molecule has 84 valence electrons. The molecule has 0 aliphatic rings. The van der Waals surface area contributed by atoms with Crippen molar-refractivity contribution in [2.75, 3.05) is 0 Å². The van der Waals surface area contributed by atoms with Crippen LogP contribution in [-0.2, 0) is 6.54 Å². The molecule has 0 aliphatic heterocycles. The first-order valence-electron chi connectivity index (χ1n) is 4.51. The van der Waals surface area contributed by atoms with Crippen LogP contribution in [0.15, 0.2) is 22.7 Å². The first kappa shape index (κ1) is 11.9. The van der Waals surface area contributed by atoms with Crippen molar-refractivity contribution in [3.8, 4) is 11.3 Å². The van der Waals surface area contributed by atoms with Crippen molar-refractivity contribution in [3.63, 3.8) is 0 Å². The van der Waals surface area contributed by atoms with Gasteiger partial charge in [-0.1, -0.05) is 23.2 Å². The predicted octanol–water partition coefficient (Wildman–Crippen LogP) is 3.60. The Kier molecular flexibility index (Phi) is 3.54. The van der Waals surface area contributed by atoms with Gasteiger partial charge in [0.15, 0.2) is 0 Å². The molecule has 0 spiro atoms. The Bertz CT molecular complexity index is 525. The highest BCUT2D eigenvalue weighted by atomic mass is 79.9. The fourth-order valence-corrected chi connectivity index (χ4v) is 2.41. The second kappa shape index (κ2) is 4.75. The minimum absolute atomic E-state index is 0.388. The van der Waals surface area contributed by atoms with Gasteiger partial charge in [0.1, 0.15) is 5.69 Å². The third-order valence-corrected chi connectivity index (χ3v) is 3.57. The normalized spacial score (nSPS) is 10.8. The van der Waals surface area contributed by atoms with Crippen molar-refractivity contribution in [2.24, 2.45) is 5.73 Å². The van der Waals surface area contributed by atoms with Gasteiger partial charge >= 0.3 is 0 Å². The van der Waals surface area contributed by atoms with Crippen LogP contribution in [0.25, 0.3) is 11.3 Å². The van der Waals surface area contributed by atoms with Gasteiger partial charge in [-0.25, -0.2) is 0 Å². The van der Waals surface area contributed by atoms with Crippen LogP contribution in [0.1, 0.15) is 5.69 Å². The Labute approximate surface area is 111 Å². The van der Waals surface area contributed by atoms with E-state index in [2.05, 4.69) is 26.1 Å². The molecule has 0 unspecified atom stereocenters. The summed E-state index contributed by atoms with van der Waals surface area (Å²) in [6.45, 7) is 0.388. The first-order chi connectivity index (χ1) is 7.63. The van der Waals surface area contributed by atoms with Crippen LogP contribution in [0.2, 0.25) is 10.0 Å². The number of nitrogens with one attached hydrogen (secondary N) is 1. The number of H-pyrrole nitrogens is 1. The van der Waals surface area contributed by atoms with Gasteiger partial charge in [0.2, 0.25) is 0 Å². The van der Waals surface area contributed by atoms with Crippen LogP contribution in [0.3, 0.4) is 0 Å². The Morgan fingerprint density at radius 1 is 1.38 bits per heavy atom. The Balaban J connectivity index is 2.54. The standard InChI is InChI=1S/C10H8BrCl2N3/c11-9-8(4-14)15-16-10(9)6-2-1-5(12)3-7(6)13/h1-3H,4,14H2,(H,15,16). The van der Waals surface area contributed by atoms with Crippen LogP contribution < -0.4 is 5.73 Å². The summed E-state index contributed by atoms with van der Waals surface area (Å²) in [7, 11) is 0. The van der Waals surface area contributed by atoms with Crippen LogP contribution in [-0.4, -0.2) is 10.2 Å². The molecule has 6 heteroatoms. The molecule has 1 aromatic heterocycles. The largest absolute Gasteiger partial charge is 0.325 e. The van der Waals surface area contributed by atoms with Gasteiger partial charge in [-0.05, 0) is 34.1 Å². The number of rotatable bonds is 2. The van der Waals surface area contributed by atoms with Crippen molar-refractivity contribution in [1.82, 2.24) is 10.2 Å². The quantitative estimate of drug-likeness (QED) is 0.888. The predicted molar refractivity (Wildman–Crippen MR) is 69.6 cm³/mol. The fourth-order valence-electron chi connectivity index (χ4n) is 1.36. The van der Waals surface area contributed by atoms with Gasteiger partial charge in [0, 0.05) is 17.1 Å². The van der Waals surface area contributed by atoms with Gasteiger partial charge < -0.3 is 5.73 Å². The Morgan fingerprint density at radius 3 is 2.69 bits per heavy atom. The van der Waals surface area contributed by atoms with Crippen LogP contribution in [0, 0.1) is 0 Å². The lowest BCUT2D eigenvalue weighted by atomic mass is 10.1. The minimum Gasteiger partial charge on any atom is -0.325 e. The van der Waals surface area contributed by atoms with E-state index in [1.807, 2.05) is 6.07 Å². The first-order valence-corrected chi connectivity index (χ1v) is 6.06. The maximum atomic E-state index is 6.10. The lowest BCUT2D eigenvalue weighted by Gasteiger charge is -2.02. The fraction of sp³-hybridized carbons (Fsp3) is 0.100. The molecule has 16 heavy (non-hydrogen) atoms. The molecule has 1 aromatic carbocycles. The van der Waals surface area contributed by atoms with Crippen LogP contribution in [0.4, 0.5) is 0 Å². The molecule has 0 bridgehead atoms. The molecule has 0 atom stereocenters. The number of nitrogens with two attached hydrogens (primary N) is 1. The molecule has 0 aliphatic carbocycles. The zero-order valence-electron chi connectivity index (χ0n) is 8.10. The van der Waals surface area contributed by atoms with Crippen molar-refractivity contribution in [3.05, 3.63) is 38.4 Å². The highest BCUT2D eigenvalue weighted by molar-refractivity contribution is 9.10. The van der Waals surface area contributed by atoms with Crippen molar-refractivity contribution < 1.29 is 0 Å². The maximum Gasteiger partial charge on any atom is 0.108 e. The molecule has 0 fully saturated rings. The van der Waals surface area contributed by atoms with Gasteiger partial charge in [0.05, 0.1) is 15.2 Å². The summed E-state index contributed by atoms with van der Waals surface area (Å²) in [5.41, 5.74) is 7.94. The summed E-state index contributed by atoms with van der Waals surface area (Å²) >= 11 is 15.4. The van der Waals surface area contributed by atoms with Crippen molar-refractivity contribution >= 4 is 39.1 Å². The molecule has 3 N–H and O–H groups in total. The van der Waals surface area contributed by atoms with Crippen molar-refractivity contribution in [2.45, 2.75) is 6.54 Å². The molecule has 0 saturated carbocycles. The minimum atomic E-state index is 0.388. The highest BCUT2D eigenvalue weighted by Gasteiger charge is 2.14. The summed E-state index contributed by atoms with van der Waals surface area (Å²) < 4.78 is 0.833. The number of halogens is 3. The van der Waals surface area contributed by atoms with E-state index in [4.69, 9.17) is 28.9 Å². The number of hydrogen-bond donors (Lipinski definition) is 2. The third kappa shape index (κ3) is 2.11. The van der Waals surface area contributed by atoms with Crippen LogP contribution >= 0.6 is 39.1 Å². The lowest BCUT2D eigenvalue weighted by Crippen LogP contribution is -1.96. The molecule has 1 heterocycles. The molecule has 3 nitrogen and oxygen atoms in total. The zero-order chi connectivity index (χ0) is 11.7. The SMILES string of the molecule is NCc1[nH]nc(-c2ccc(Cl)cc2Cl)c1Br. The van der Waals surface area contributed by atoms with Gasteiger partial charge in [0.25, 0.3) is 0 Å². The molecule has 0 amide bonds. The van der Waals surface area contributed by atoms with E-state index >= 15 is 0 Å². The Hall–Kier alpha value is -0.550. The molecular formula is C10H8BrCl2N3. The smallest absolute Gasteiger partial charge is 0.108 e. The number of hydrogen-bond acceptors (Lipinski definition) is 2. The lowest BCUT2D eigenvalue weighted by molar-refractivity contribution is 0.945. The maximum absolute atomic E-state index is 6.10. The van der Waals surface area contributed by atoms with E-state index in [-0.39, 0.29) is 0 Å². The number of aromatic nitrogens is 2. The molecular weight excluding hydrogens is 313 g/mol. The van der Waals surface area contributed by atoms with E-state index in [0.717, 1.165) is 21.4 Å². The molecule has 0 radical (unpaired) electrons. The summed E-state index contributed by atoms with van der Waals surface area (Å²) in [6.07, 6.45) is 0. The second-order valence-corrected chi connectivity index (χ2v) is 4.83. The van der Waals surface area contributed by atoms with Crippen LogP contribution in [0.5, 0.6) is 0 Å². The monoisotopic (exact) mass is 319 g/mol. The zero-order valence-corrected chi connectivity index (χ0v) is 11.2. The average Bonchev–Trinajstić information content (AvgIpc) is 2.60. The van der Waals surface area contributed by atoms with E-state index in [1.54, 1.807) is 12.1 Å². The topological polar surface area (TPSA) is 54.7 Å². The third-order valence-electron chi connectivity index (χ3n) is 2.17. The van der Waals surface area contributed by atoms with E-state index in [1.165, 1.54) is 0 Å². The van der Waals surface area contributed by atoms with Gasteiger partial charge in [-0.2, -0.15) is 5.10 Å². The summed E-state index contributed by atoms with van der Waals surface area (Å²) in [4.78, 5) is 0. The van der Waals surface area contributed by atoms with Gasteiger partial charge in [-0.15, -0.1) is 0 Å².